The molecule has 1 aliphatic rings. The van der Waals surface area contributed by atoms with Crippen molar-refractivity contribution in [1.29, 1.82) is 0 Å². The summed E-state index contributed by atoms with van der Waals surface area (Å²) in [6, 6.07) is 0. The summed E-state index contributed by atoms with van der Waals surface area (Å²) in [5.74, 6) is 0.916. The zero-order valence-electron chi connectivity index (χ0n) is 8.89. The Morgan fingerprint density at radius 1 is 1.47 bits per heavy atom. The molecule has 88 valence electrons. The normalized spacial score (nSPS) is 24.9. The van der Waals surface area contributed by atoms with Crippen molar-refractivity contribution in [2.45, 2.75) is 18.6 Å². The summed E-state index contributed by atoms with van der Waals surface area (Å²) in [4.78, 5) is 1.86. The molecule has 1 atom stereocenters. The Bertz CT molecular complexity index is 232. The van der Waals surface area contributed by atoms with Crippen molar-refractivity contribution in [3.63, 3.8) is 0 Å². The first-order valence-corrected chi connectivity index (χ1v) is 6.16. The highest BCUT2D eigenvalue weighted by Gasteiger charge is 2.28. The third kappa shape index (κ3) is 4.51. The molecular weight excluding hydrogens is 222 g/mol. The molecule has 0 spiro atoms. The molecule has 6 heteroatoms. The summed E-state index contributed by atoms with van der Waals surface area (Å²) in [6.07, 6.45) is 0.961. The highest BCUT2D eigenvalue weighted by Crippen LogP contribution is 2.22. The van der Waals surface area contributed by atoms with Crippen LogP contribution in [0.15, 0.2) is 12.1 Å². The van der Waals surface area contributed by atoms with Gasteiger partial charge in [-0.1, -0.05) is 6.92 Å². The Hall–Kier alpha value is -0.0951. The van der Waals surface area contributed by atoms with E-state index in [4.69, 9.17) is 0 Å². The van der Waals surface area contributed by atoms with Gasteiger partial charge in [-0.25, -0.2) is 0 Å². The van der Waals surface area contributed by atoms with Crippen LogP contribution in [-0.4, -0.2) is 42.5 Å². The number of nitrogens with zero attached hydrogens (tertiary/aromatic N) is 1. The zero-order chi connectivity index (χ0) is 11.5. The van der Waals surface area contributed by atoms with Crippen LogP contribution in [0.5, 0.6) is 0 Å². The third-order valence-corrected chi connectivity index (χ3v) is 3.77. The predicted octanol–water partition coefficient (Wildman–Crippen LogP) is 2.76. The van der Waals surface area contributed by atoms with Crippen molar-refractivity contribution in [2.24, 2.45) is 0 Å². The average Bonchev–Trinajstić information content (AvgIpc) is 2.29. The molecule has 1 aliphatic heterocycles. The van der Waals surface area contributed by atoms with Crippen LogP contribution < -0.4 is 0 Å². The maximum Gasteiger partial charge on any atom is 0.506 e. The largest absolute Gasteiger partial charge is 0.506 e. The average molecular weight is 238 g/mol. The lowest BCUT2D eigenvalue weighted by atomic mass is 9.80. The molecule has 0 N–H and O–H groups in total. The van der Waals surface area contributed by atoms with E-state index >= 15 is 0 Å². The number of thioether (sulfide) groups is 1. The van der Waals surface area contributed by atoms with Crippen molar-refractivity contribution in [2.75, 3.05) is 25.4 Å². The van der Waals surface area contributed by atoms with Crippen LogP contribution in [0.4, 0.5) is 12.9 Å². The molecule has 0 radical (unpaired) electrons. The van der Waals surface area contributed by atoms with Crippen molar-refractivity contribution < 1.29 is 12.9 Å². The molecule has 1 saturated heterocycles. The number of hydrogen-bond acceptors (Lipinski definition) is 2. The first-order valence-electron chi connectivity index (χ1n) is 5.11. The molecule has 1 nitrogen and oxygen atoms in total. The van der Waals surface area contributed by atoms with Crippen LogP contribution in [0.2, 0.25) is 0 Å². The summed E-state index contributed by atoms with van der Waals surface area (Å²) < 4.78 is 36.9. The Morgan fingerprint density at radius 2 is 2.13 bits per heavy atom. The molecule has 15 heavy (non-hydrogen) atoms. The molecule has 0 amide bonds. The van der Waals surface area contributed by atoms with E-state index in [0.29, 0.717) is 5.25 Å². The van der Waals surface area contributed by atoms with E-state index in [1.807, 2.05) is 16.7 Å². The van der Waals surface area contributed by atoms with Gasteiger partial charge >= 0.3 is 6.98 Å². The summed E-state index contributed by atoms with van der Waals surface area (Å²) in [7, 11) is 0. The van der Waals surface area contributed by atoms with Gasteiger partial charge in [0.1, 0.15) is 0 Å². The van der Waals surface area contributed by atoms with Gasteiger partial charge in [-0.2, -0.15) is 11.8 Å². The summed E-state index contributed by atoms with van der Waals surface area (Å²) in [5.41, 5.74) is -0.574. The maximum atomic E-state index is 12.3. The van der Waals surface area contributed by atoms with Crippen LogP contribution in [0.25, 0.3) is 0 Å². The monoisotopic (exact) mass is 238 g/mol. The Labute approximate surface area is 93.1 Å². The van der Waals surface area contributed by atoms with E-state index < -0.39 is 12.4 Å². The van der Waals surface area contributed by atoms with E-state index in [9.17, 15) is 12.9 Å². The van der Waals surface area contributed by atoms with E-state index in [0.717, 1.165) is 25.3 Å². The highest BCUT2D eigenvalue weighted by atomic mass is 32.2. The molecule has 0 aromatic heterocycles. The van der Waals surface area contributed by atoms with Gasteiger partial charge in [0.05, 0.1) is 0 Å². The second kappa shape index (κ2) is 5.30. The van der Waals surface area contributed by atoms with Crippen molar-refractivity contribution >= 4 is 18.7 Å². The van der Waals surface area contributed by atoms with Gasteiger partial charge in [-0.15, -0.1) is 12.1 Å². The van der Waals surface area contributed by atoms with Gasteiger partial charge in [-0.05, 0) is 19.5 Å². The molecule has 1 heterocycles. The van der Waals surface area contributed by atoms with Gasteiger partial charge in [0, 0.05) is 17.5 Å². The predicted molar refractivity (Wildman–Crippen MR) is 61.2 cm³/mol. The Balaban J connectivity index is 2.41. The van der Waals surface area contributed by atoms with Gasteiger partial charge in [-0.3, -0.25) is 0 Å². The quantitative estimate of drug-likeness (QED) is 0.695. The highest BCUT2D eigenvalue weighted by molar-refractivity contribution is 7.99. The maximum absolute atomic E-state index is 12.3. The SMILES string of the molecule is C=C(CN1CCSC(C)CC1)[B-](F)(F)F. The Morgan fingerprint density at radius 3 is 2.73 bits per heavy atom. The first kappa shape index (κ1) is 13.0. The van der Waals surface area contributed by atoms with Crippen LogP contribution in [-0.2, 0) is 0 Å². The molecular formula is C9H16BF3NS-. The molecule has 1 unspecified atom stereocenters. The molecule has 0 saturated carbocycles. The van der Waals surface area contributed by atoms with Gasteiger partial charge in [0.2, 0.25) is 0 Å². The fourth-order valence-electron chi connectivity index (χ4n) is 1.49. The molecule has 0 bridgehead atoms. The zero-order valence-corrected chi connectivity index (χ0v) is 9.70. The standard InChI is InChI=1S/C9H16BF3NS/c1-8(10(11,12)13)7-14-4-3-9(2)15-6-5-14/h9H,1,3-7H2,2H3/q-1. The lowest BCUT2D eigenvalue weighted by Gasteiger charge is -2.26. The second-order valence-corrected chi connectivity index (χ2v) is 5.53. The molecule has 0 aromatic rings. The molecule has 1 rings (SSSR count). The smallest absolute Gasteiger partial charge is 0.445 e. The second-order valence-electron chi connectivity index (χ2n) is 3.98. The van der Waals surface area contributed by atoms with Crippen LogP contribution >= 0.6 is 11.8 Å². The lowest BCUT2D eigenvalue weighted by Crippen LogP contribution is -2.34. The van der Waals surface area contributed by atoms with Crippen molar-refractivity contribution in [3.05, 3.63) is 12.1 Å². The minimum absolute atomic E-state index is 0.0171. The lowest BCUT2D eigenvalue weighted by molar-refractivity contribution is 0.313. The van der Waals surface area contributed by atoms with Crippen LogP contribution in [0.1, 0.15) is 13.3 Å². The van der Waals surface area contributed by atoms with Crippen molar-refractivity contribution in [1.82, 2.24) is 4.90 Å². The topological polar surface area (TPSA) is 3.24 Å². The van der Waals surface area contributed by atoms with Gasteiger partial charge in [0.25, 0.3) is 0 Å². The minimum Gasteiger partial charge on any atom is -0.445 e. The fraction of sp³-hybridized carbons (Fsp3) is 0.778. The first-order chi connectivity index (χ1) is 6.89. The van der Waals surface area contributed by atoms with Crippen molar-refractivity contribution in [3.8, 4) is 0 Å². The van der Waals surface area contributed by atoms with E-state index in [2.05, 4.69) is 13.5 Å². The minimum atomic E-state index is -4.86. The molecule has 1 fully saturated rings. The molecule has 0 aromatic carbocycles. The number of halogens is 3. The number of hydrogen-bond donors (Lipinski definition) is 0. The fourth-order valence-corrected chi connectivity index (χ4v) is 2.53. The molecule has 0 aliphatic carbocycles. The summed E-state index contributed by atoms with van der Waals surface area (Å²) in [6.45, 7) is 1.85. The number of rotatable bonds is 3. The third-order valence-electron chi connectivity index (χ3n) is 2.55. The van der Waals surface area contributed by atoms with Gasteiger partial charge < -0.3 is 17.8 Å². The summed E-state index contributed by atoms with van der Waals surface area (Å²) in [5, 5.41) is 0.555. The van der Waals surface area contributed by atoms with E-state index in [1.54, 1.807) is 0 Å². The van der Waals surface area contributed by atoms with Crippen LogP contribution in [0.3, 0.4) is 0 Å². The van der Waals surface area contributed by atoms with Crippen LogP contribution in [0, 0.1) is 0 Å². The van der Waals surface area contributed by atoms with E-state index in [1.165, 1.54) is 0 Å². The van der Waals surface area contributed by atoms with E-state index in [-0.39, 0.29) is 6.54 Å². The van der Waals surface area contributed by atoms with Gasteiger partial charge in [0.15, 0.2) is 0 Å². The Kier molecular flexibility index (Phi) is 4.58. The summed E-state index contributed by atoms with van der Waals surface area (Å²) >= 11 is 1.83.